The molecule has 0 fully saturated rings. The molecule has 0 radical (unpaired) electrons. The number of nitrogens with zero attached hydrogens (tertiary/aromatic N) is 3. The van der Waals surface area contributed by atoms with Crippen LogP contribution in [0, 0.1) is 12.7 Å². The SMILES string of the molecule is Cc1ccc2oc3c(c(=O)c2c1)C1(C(=O)N(Cc2ccccc2F)c2ccccc21)N(c1nccs1)C3=O. The second-order valence-electron chi connectivity index (χ2n) is 9.30. The number of carbonyl (C=O) groups is 2. The summed E-state index contributed by atoms with van der Waals surface area (Å²) in [7, 11) is 0. The molecule has 0 saturated heterocycles. The van der Waals surface area contributed by atoms with Crippen LogP contribution in [0.2, 0.25) is 0 Å². The molecule has 38 heavy (non-hydrogen) atoms. The van der Waals surface area contributed by atoms with Crippen molar-refractivity contribution in [2.75, 3.05) is 9.80 Å². The van der Waals surface area contributed by atoms with Crippen molar-refractivity contribution in [2.24, 2.45) is 0 Å². The quantitative estimate of drug-likeness (QED) is 0.327. The van der Waals surface area contributed by atoms with Gasteiger partial charge in [0.25, 0.3) is 11.8 Å². The summed E-state index contributed by atoms with van der Waals surface area (Å²) in [5, 5.41) is 2.21. The van der Waals surface area contributed by atoms with Crippen LogP contribution in [0.1, 0.15) is 32.8 Å². The molecular formula is C29H18FN3O4S. The largest absolute Gasteiger partial charge is 0.450 e. The molecule has 0 N–H and O–H groups in total. The van der Waals surface area contributed by atoms with Crippen LogP contribution < -0.4 is 15.2 Å². The summed E-state index contributed by atoms with van der Waals surface area (Å²) in [6.07, 6.45) is 1.53. The summed E-state index contributed by atoms with van der Waals surface area (Å²) >= 11 is 1.17. The van der Waals surface area contributed by atoms with Crippen LogP contribution in [0.5, 0.6) is 0 Å². The lowest BCUT2D eigenvalue weighted by molar-refractivity contribution is -0.121. The molecule has 4 heterocycles. The zero-order chi connectivity index (χ0) is 26.2. The average molecular weight is 524 g/mol. The molecule has 1 unspecified atom stereocenters. The first-order chi connectivity index (χ1) is 18.4. The van der Waals surface area contributed by atoms with E-state index in [0.717, 1.165) is 5.56 Å². The fraction of sp³-hybridized carbons (Fsp3) is 0.103. The normalized spacial score (nSPS) is 18.1. The van der Waals surface area contributed by atoms with Crippen molar-refractivity contribution < 1.29 is 18.4 Å². The fourth-order valence-electron chi connectivity index (χ4n) is 5.56. The lowest BCUT2D eigenvalue weighted by Crippen LogP contribution is -2.53. The Balaban J connectivity index is 1.57. The first kappa shape index (κ1) is 22.6. The molecule has 0 saturated carbocycles. The maximum absolute atomic E-state index is 14.7. The number of hydrogen-bond acceptors (Lipinski definition) is 6. The van der Waals surface area contributed by atoms with E-state index >= 15 is 0 Å². The highest BCUT2D eigenvalue weighted by molar-refractivity contribution is 7.13. The third kappa shape index (κ3) is 2.82. The minimum atomic E-state index is -1.86. The number of para-hydroxylation sites is 1. The number of aromatic nitrogens is 1. The summed E-state index contributed by atoms with van der Waals surface area (Å²) in [5.41, 5.74) is -0.0682. The average Bonchev–Trinajstić information content (AvgIpc) is 3.59. The van der Waals surface area contributed by atoms with Gasteiger partial charge in [0, 0.05) is 22.7 Å². The van der Waals surface area contributed by atoms with E-state index < -0.39 is 28.6 Å². The third-order valence-corrected chi connectivity index (χ3v) is 7.93. The van der Waals surface area contributed by atoms with Gasteiger partial charge in [-0.15, -0.1) is 11.3 Å². The summed E-state index contributed by atoms with van der Waals surface area (Å²) in [4.78, 5) is 49.9. The second-order valence-corrected chi connectivity index (χ2v) is 10.2. The maximum atomic E-state index is 14.7. The van der Waals surface area contributed by atoms with Crippen molar-refractivity contribution in [3.05, 3.63) is 122 Å². The van der Waals surface area contributed by atoms with Crippen molar-refractivity contribution in [2.45, 2.75) is 19.0 Å². The molecule has 5 aromatic rings. The van der Waals surface area contributed by atoms with Gasteiger partial charge in [-0.05, 0) is 31.2 Å². The van der Waals surface area contributed by atoms with E-state index in [4.69, 9.17) is 4.42 Å². The van der Waals surface area contributed by atoms with Crippen molar-refractivity contribution in [3.63, 3.8) is 0 Å². The second kappa shape index (κ2) is 7.93. The molecule has 2 aliphatic heterocycles. The molecular weight excluding hydrogens is 505 g/mol. The van der Waals surface area contributed by atoms with Crippen LogP contribution in [0.4, 0.5) is 15.2 Å². The number of halogens is 1. The van der Waals surface area contributed by atoms with Crippen LogP contribution in [0.15, 0.2) is 87.5 Å². The number of amides is 2. The third-order valence-electron chi connectivity index (χ3n) is 7.18. The Morgan fingerprint density at radius 2 is 1.82 bits per heavy atom. The van der Waals surface area contributed by atoms with Gasteiger partial charge >= 0.3 is 0 Å². The number of fused-ring (bicyclic) bond motifs is 5. The van der Waals surface area contributed by atoms with Gasteiger partial charge in [0.1, 0.15) is 11.4 Å². The van der Waals surface area contributed by atoms with E-state index in [1.807, 2.05) is 6.92 Å². The number of carbonyl (C=O) groups excluding carboxylic acids is 2. The first-order valence-corrected chi connectivity index (χ1v) is 12.8. The summed E-state index contributed by atoms with van der Waals surface area (Å²) < 4.78 is 20.8. The topological polar surface area (TPSA) is 83.7 Å². The van der Waals surface area contributed by atoms with Gasteiger partial charge in [0.2, 0.25) is 5.76 Å². The van der Waals surface area contributed by atoms with Gasteiger partial charge in [-0.3, -0.25) is 19.3 Å². The molecule has 3 aromatic carbocycles. The Bertz CT molecular complexity index is 1870. The number of anilines is 2. The lowest BCUT2D eigenvalue weighted by Gasteiger charge is -2.32. The van der Waals surface area contributed by atoms with Gasteiger partial charge in [-0.25, -0.2) is 9.37 Å². The molecule has 1 atom stereocenters. The van der Waals surface area contributed by atoms with E-state index in [2.05, 4.69) is 4.98 Å². The van der Waals surface area contributed by atoms with Gasteiger partial charge in [0.15, 0.2) is 16.1 Å². The first-order valence-electron chi connectivity index (χ1n) is 11.9. The Hall–Kier alpha value is -4.63. The van der Waals surface area contributed by atoms with E-state index in [1.54, 1.807) is 66.0 Å². The number of benzene rings is 3. The number of aryl methyl sites for hydroxylation is 1. The van der Waals surface area contributed by atoms with E-state index in [-0.39, 0.29) is 34.0 Å². The number of hydrogen-bond donors (Lipinski definition) is 0. The highest BCUT2D eigenvalue weighted by Gasteiger charge is 2.66. The fourth-order valence-corrected chi connectivity index (χ4v) is 6.25. The van der Waals surface area contributed by atoms with Crippen LogP contribution >= 0.6 is 11.3 Å². The smallest absolute Gasteiger partial charge is 0.297 e. The Morgan fingerprint density at radius 3 is 2.61 bits per heavy atom. The predicted octanol–water partition coefficient (Wildman–Crippen LogP) is 5.15. The zero-order valence-electron chi connectivity index (χ0n) is 20.0. The number of thiazole rings is 1. The molecule has 9 heteroatoms. The highest BCUT2D eigenvalue weighted by atomic mass is 32.1. The predicted molar refractivity (Wildman–Crippen MR) is 141 cm³/mol. The molecule has 7 rings (SSSR count). The summed E-state index contributed by atoms with van der Waals surface area (Å²) in [5.74, 6) is -1.84. The molecule has 2 aromatic heterocycles. The van der Waals surface area contributed by atoms with Crippen molar-refractivity contribution >= 4 is 44.9 Å². The van der Waals surface area contributed by atoms with Crippen LogP contribution in [-0.2, 0) is 16.9 Å². The Kier molecular flexibility index (Phi) is 4.71. The minimum absolute atomic E-state index is 0.0516. The standard InChI is InChI=1S/C29H18FN3O4S/c1-16-10-11-22-18(14-16)24(34)23-25(37-22)26(35)33(28-31-12-13-38-28)29(23)19-7-3-5-9-21(19)32(27(29)36)15-17-6-2-4-8-20(17)30/h2-14H,15H2,1H3. The number of rotatable bonds is 3. The minimum Gasteiger partial charge on any atom is -0.450 e. The van der Waals surface area contributed by atoms with E-state index in [9.17, 15) is 18.8 Å². The van der Waals surface area contributed by atoms with Crippen LogP contribution in [-0.4, -0.2) is 16.8 Å². The van der Waals surface area contributed by atoms with E-state index in [1.165, 1.54) is 33.4 Å². The van der Waals surface area contributed by atoms with Gasteiger partial charge in [-0.2, -0.15) is 0 Å². The molecule has 0 bridgehead atoms. The summed E-state index contributed by atoms with van der Waals surface area (Å²) in [6.45, 7) is 1.76. The van der Waals surface area contributed by atoms with Crippen molar-refractivity contribution in [1.82, 2.24) is 4.98 Å². The van der Waals surface area contributed by atoms with Crippen molar-refractivity contribution in [1.29, 1.82) is 0 Å². The summed E-state index contributed by atoms with van der Waals surface area (Å²) in [6, 6.07) is 18.3. The molecule has 2 amide bonds. The highest BCUT2D eigenvalue weighted by Crippen LogP contribution is 2.54. The lowest BCUT2D eigenvalue weighted by atomic mass is 9.84. The molecule has 0 aliphatic carbocycles. The monoisotopic (exact) mass is 523 g/mol. The Labute approximate surface area is 219 Å². The molecule has 186 valence electrons. The zero-order valence-corrected chi connectivity index (χ0v) is 20.8. The molecule has 7 nitrogen and oxygen atoms in total. The van der Waals surface area contributed by atoms with Gasteiger partial charge in [0.05, 0.1) is 23.2 Å². The van der Waals surface area contributed by atoms with Gasteiger partial charge < -0.3 is 9.32 Å². The van der Waals surface area contributed by atoms with Crippen molar-refractivity contribution in [3.8, 4) is 0 Å². The van der Waals surface area contributed by atoms with Crippen LogP contribution in [0.3, 0.4) is 0 Å². The van der Waals surface area contributed by atoms with Gasteiger partial charge in [-0.1, -0.05) is 48.0 Å². The molecule has 1 spiro atoms. The maximum Gasteiger partial charge on any atom is 0.297 e. The van der Waals surface area contributed by atoms with E-state index in [0.29, 0.717) is 16.8 Å². The van der Waals surface area contributed by atoms with Crippen LogP contribution in [0.25, 0.3) is 11.0 Å². The molecule has 2 aliphatic rings. The Morgan fingerprint density at radius 1 is 1.03 bits per heavy atom.